The van der Waals surface area contributed by atoms with Gasteiger partial charge in [-0.1, -0.05) is 19.1 Å². The maximum Gasteiger partial charge on any atom is 0.255 e. The van der Waals surface area contributed by atoms with E-state index in [0.29, 0.717) is 5.56 Å². The summed E-state index contributed by atoms with van der Waals surface area (Å²) in [5.74, 6) is -0.00946. The predicted molar refractivity (Wildman–Crippen MR) is 84.6 cm³/mol. The Balaban J connectivity index is 2.12. The summed E-state index contributed by atoms with van der Waals surface area (Å²) < 4.78 is 0. The molecule has 3 N–H and O–H groups in total. The lowest BCUT2D eigenvalue weighted by molar-refractivity contribution is 0.102. The molecule has 0 atom stereocenters. The number of carbonyl (C=O) groups is 1. The SMILES string of the molecule is CCNCc1cccc(NC(=O)c2ccc(O)cc2C)c1. The zero-order valence-electron chi connectivity index (χ0n) is 12.3. The molecule has 4 nitrogen and oxygen atoms in total. The zero-order chi connectivity index (χ0) is 15.2. The molecule has 0 radical (unpaired) electrons. The van der Waals surface area contributed by atoms with Crippen LogP contribution in [0.3, 0.4) is 0 Å². The van der Waals surface area contributed by atoms with Gasteiger partial charge in [-0.15, -0.1) is 0 Å². The Morgan fingerprint density at radius 3 is 2.71 bits per heavy atom. The monoisotopic (exact) mass is 284 g/mol. The Labute approximate surface area is 124 Å². The fourth-order valence-electron chi connectivity index (χ4n) is 2.13. The fourth-order valence-corrected chi connectivity index (χ4v) is 2.13. The van der Waals surface area contributed by atoms with Gasteiger partial charge in [0.2, 0.25) is 0 Å². The largest absolute Gasteiger partial charge is 0.508 e. The van der Waals surface area contributed by atoms with Crippen molar-refractivity contribution in [3.63, 3.8) is 0 Å². The summed E-state index contributed by atoms with van der Waals surface area (Å²) in [6.45, 7) is 5.54. The van der Waals surface area contributed by atoms with Crippen LogP contribution in [0.4, 0.5) is 5.69 Å². The van der Waals surface area contributed by atoms with Gasteiger partial charge in [0.25, 0.3) is 5.91 Å². The fraction of sp³-hybridized carbons (Fsp3) is 0.235. The summed E-state index contributed by atoms with van der Waals surface area (Å²) in [7, 11) is 0. The lowest BCUT2D eigenvalue weighted by atomic mass is 10.1. The minimum absolute atomic E-state index is 0.164. The molecule has 0 aliphatic rings. The van der Waals surface area contributed by atoms with Gasteiger partial charge in [0.05, 0.1) is 0 Å². The number of aryl methyl sites for hydroxylation is 1. The van der Waals surface area contributed by atoms with Gasteiger partial charge >= 0.3 is 0 Å². The third-order valence-corrected chi connectivity index (χ3v) is 3.22. The number of anilines is 1. The van der Waals surface area contributed by atoms with Gasteiger partial charge < -0.3 is 15.7 Å². The van der Waals surface area contributed by atoms with Crippen molar-refractivity contribution in [2.24, 2.45) is 0 Å². The summed E-state index contributed by atoms with van der Waals surface area (Å²) >= 11 is 0. The lowest BCUT2D eigenvalue weighted by Crippen LogP contribution is -2.14. The molecule has 4 heteroatoms. The molecule has 0 heterocycles. The molecule has 2 aromatic rings. The van der Waals surface area contributed by atoms with Crippen LogP contribution >= 0.6 is 0 Å². The van der Waals surface area contributed by atoms with Crippen molar-refractivity contribution in [2.75, 3.05) is 11.9 Å². The van der Waals surface area contributed by atoms with E-state index >= 15 is 0 Å². The molecule has 2 aromatic carbocycles. The summed E-state index contributed by atoms with van der Waals surface area (Å²) in [5, 5.41) is 15.5. The number of phenols is 1. The molecule has 0 saturated heterocycles. The normalized spacial score (nSPS) is 10.4. The summed E-state index contributed by atoms with van der Waals surface area (Å²) in [5.41, 5.74) is 3.20. The number of aromatic hydroxyl groups is 1. The van der Waals surface area contributed by atoms with Crippen molar-refractivity contribution in [1.82, 2.24) is 5.32 Å². The van der Waals surface area contributed by atoms with E-state index in [1.54, 1.807) is 19.1 Å². The molecule has 1 amide bonds. The highest BCUT2D eigenvalue weighted by atomic mass is 16.3. The number of amides is 1. The summed E-state index contributed by atoms with van der Waals surface area (Å²) in [4.78, 5) is 12.3. The third kappa shape index (κ3) is 4.07. The maximum absolute atomic E-state index is 12.3. The second-order valence-corrected chi connectivity index (χ2v) is 4.93. The molecule has 21 heavy (non-hydrogen) atoms. The predicted octanol–water partition coefficient (Wildman–Crippen LogP) is 3.06. The number of hydrogen-bond acceptors (Lipinski definition) is 3. The molecule has 0 aliphatic heterocycles. The van der Waals surface area contributed by atoms with Crippen LogP contribution in [0.1, 0.15) is 28.4 Å². The van der Waals surface area contributed by atoms with Crippen LogP contribution in [0, 0.1) is 6.92 Å². The van der Waals surface area contributed by atoms with Crippen LogP contribution in [-0.2, 0) is 6.54 Å². The number of rotatable bonds is 5. The Hall–Kier alpha value is -2.33. The molecule has 2 rings (SSSR count). The molecule has 0 fully saturated rings. The highest BCUT2D eigenvalue weighted by Gasteiger charge is 2.10. The van der Waals surface area contributed by atoms with Crippen LogP contribution in [-0.4, -0.2) is 17.6 Å². The number of hydrogen-bond donors (Lipinski definition) is 3. The van der Waals surface area contributed by atoms with Gasteiger partial charge in [-0.2, -0.15) is 0 Å². The first-order valence-electron chi connectivity index (χ1n) is 7.00. The van der Waals surface area contributed by atoms with E-state index in [-0.39, 0.29) is 11.7 Å². The van der Waals surface area contributed by atoms with Crippen molar-refractivity contribution in [3.8, 4) is 5.75 Å². The van der Waals surface area contributed by atoms with E-state index in [4.69, 9.17) is 0 Å². The van der Waals surface area contributed by atoms with Gasteiger partial charge in [-0.05, 0) is 54.9 Å². The minimum Gasteiger partial charge on any atom is -0.508 e. The highest BCUT2D eigenvalue weighted by Crippen LogP contribution is 2.18. The van der Waals surface area contributed by atoms with Crippen LogP contribution in [0.5, 0.6) is 5.75 Å². The molecule has 0 aromatic heterocycles. The lowest BCUT2D eigenvalue weighted by Gasteiger charge is -2.10. The average Bonchev–Trinajstić information content (AvgIpc) is 2.45. The topological polar surface area (TPSA) is 61.4 Å². The van der Waals surface area contributed by atoms with Crippen molar-refractivity contribution in [1.29, 1.82) is 0 Å². The number of nitrogens with one attached hydrogen (secondary N) is 2. The van der Waals surface area contributed by atoms with Gasteiger partial charge in [-0.25, -0.2) is 0 Å². The first-order chi connectivity index (χ1) is 10.1. The van der Waals surface area contributed by atoms with Crippen molar-refractivity contribution >= 4 is 11.6 Å². The van der Waals surface area contributed by atoms with Crippen LogP contribution < -0.4 is 10.6 Å². The van der Waals surface area contributed by atoms with E-state index in [1.807, 2.05) is 24.3 Å². The van der Waals surface area contributed by atoms with Crippen molar-refractivity contribution < 1.29 is 9.90 Å². The zero-order valence-corrected chi connectivity index (χ0v) is 12.3. The Morgan fingerprint density at radius 2 is 2.00 bits per heavy atom. The van der Waals surface area contributed by atoms with Gasteiger partial charge in [-0.3, -0.25) is 4.79 Å². The van der Waals surface area contributed by atoms with E-state index in [1.165, 1.54) is 6.07 Å². The highest BCUT2D eigenvalue weighted by molar-refractivity contribution is 6.05. The number of benzene rings is 2. The quantitative estimate of drug-likeness (QED) is 0.790. The standard InChI is InChI=1S/C17H20N2O2/c1-3-18-11-13-5-4-6-14(10-13)19-17(21)16-8-7-15(20)9-12(16)2/h4-10,18,20H,3,11H2,1-2H3,(H,19,21). The van der Waals surface area contributed by atoms with Gasteiger partial charge in [0.15, 0.2) is 0 Å². The van der Waals surface area contributed by atoms with E-state index in [2.05, 4.69) is 17.6 Å². The second-order valence-electron chi connectivity index (χ2n) is 4.93. The van der Waals surface area contributed by atoms with Crippen LogP contribution in [0.15, 0.2) is 42.5 Å². The van der Waals surface area contributed by atoms with Crippen LogP contribution in [0.25, 0.3) is 0 Å². The maximum atomic E-state index is 12.3. The van der Waals surface area contributed by atoms with E-state index in [0.717, 1.165) is 29.9 Å². The smallest absolute Gasteiger partial charge is 0.255 e. The van der Waals surface area contributed by atoms with Crippen LogP contribution in [0.2, 0.25) is 0 Å². The third-order valence-electron chi connectivity index (χ3n) is 3.22. The average molecular weight is 284 g/mol. The van der Waals surface area contributed by atoms with Gasteiger partial charge in [0, 0.05) is 17.8 Å². The van der Waals surface area contributed by atoms with Gasteiger partial charge in [0.1, 0.15) is 5.75 Å². The molecule has 110 valence electrons. The number of phenolic OH excluding ortho intramolecular Hbond substituents is 1. The first-order valence-corrected chi connectivity index (χ1v) is 7.00. The molecule has 0 spiro atoms. The second kappa shape index (κ2) is 6.90. The Kier molecular flexibility index (Phi) is 4.95. The molecule has 0 bridgehead atoms. The summed E-state index contributed by atoms with van der Waals surface area (Å²) in [6.07, 6.45) is 0. The molecule has 0 saturated carbocycles. The molecule has 0 aliphatic carbocycles. The number of carbonyl (C=O) groups excluding carboxylic acids is 1. The Bertz CT molecular complexity index is 638. The Morgan fingerprint density at radius 1 is 1.19 bits per heavy atom. The molecule has 0 unspecified atom stereocenters. The van der Waals surface area contributed by atoms with E-state index in [9.17, 15) is 9.90 Å². The minimum atomic E-state index is -0.173. The van der Waals surface area contributed by atoms with E-state index < -0.39 is 0 Å². The van der Waals surface area contributed by atoms with Crippen molar-refractivity contribution in [2.45, 2.75) is 20.4 Å². The first kappa shape index (κ1) is 15.1. The van der Waals surface area contributed by atoms with Crippen molar-refractivity contribution in [3.05, 3.63) is 59.2 Å². The molecular weight excluding hydrogens is 264 g/mol. The molecular formula is C17H20N2O2. The summed E-state index contributed by atoms with van der Waals surface area (Å²) in [6, 6.07) is 12.5.